The molecule has 0 saturated heterocycles. The molecule has 7 nitrogen and oxygen atoms in total. The highest BCUT2D eigenvalue weighted by atomic mass is 32.2. The van der Waals surface area contributed by atoms with Crippen LogP contribution in [0.15, 0.2) is 60.7 Å². The van der Waals surface area contributed by atoms with Crippen LogP contribution in [0.1, 0.15) is 31.0 Å². The van der Waals surface area contributed by atoms with Gasteiger partial charge in [-0.15, -0.1) is 0 Å². The van der Waals surface area contributed by atoms with E-state index in [0.29, 0.717) is 17.9 Å². The molecule has 2 aromatic rings. The fourth-order valence-corrected chi connectivity index (χ4v) is 4.00. The number of carbonyl (C=O) groups excluding carboxylic acids is 3. The van der Waals surface area contributed by atoms with E-state index < -0.39 is 24.1 Å². The average Bonchev–Trinajstić information content (AvgIpc) is 2.77. The molecule has 2 rings (SSSR count). The highest BCUT2D eigenvalue weighted by Crippen LogP contribution is 2.19. The van der Waals surface area contributed by atoms with Gasteiger partial charge in [0.1, 0.15) is 12.7 Å². The molecule has 1 unspecified atom stereocenters. The summed E-state index contributed by atoms with van der Waals surface area (Å²) < 4.78 is 10.1. The van der Waals surface area contributed by atoms with Gasteiger partial charge in [0, 0.05) is 25.4 Å². The first kappa shape index (κ1) is 25.4. The predicted octanol–water partition coefficient (Wildman–Crippen LogP) is 2.64. The summed E-state index contributed by atoms with van der Waals surface area (Å²) in [5.41, 5.74) is 8.23. The first-order valence-electron chi connectivity index (χ1n) is 10.4. The molecule has 0 heterocycles. The molecule has 0 aliphatic heterocycles. The summed E-state index contributed by atoms with van der Waals surface area (Å²) >= 11 is 1.36. The summed E-state index contributed by atoms with van der Waals surface area (Å²) in [4.78, 5) is 35.0. The van der Waals surface area contributed by atoms with E-state index in [0.717, 1.165) is 11.1 Å². The van der Waals surface area contributed by atoms with Crippen LogP contribution in [0.4, 0.5) is 0 Å². The Bertz CT molecular complexity index is 863. The number of ether oxygens (including phenoxy) is 2. The molecule has 0 bridgehead atoms. The first-order valence-corrected chi connectivity index (χ1v) is 11.5. The van der Waals surface area contributed by atoms with Crippen LogP contribution in [0.3, 0.4) is 0 Å². The second-order valence-corrected chi connectivity index (χ2v) is 8.41. The van der Waals surface area contributed by atoms with Crippen molar-refractivity contribution in [1.29, 1.82) is 0 Å². The molecule has 8 heteroatoms. The lowest BCUT2D eigenvalue weighted by molar-refractivity contribution is -0.154. The Hall–Kier alpha value is -2.84. The zero-order chi connectivity index (χ0) is 23.3. The van der Waals surface area contributed by atoms with Crippen LogP contribution in [0, 0.1) is 0 Å². The van der Waals surface area contributed by atoms with Crippen molar-refractivity contribution in [3.63, 3.8) is 0 Å². The van der Waals surface area contributed by atoms with Gasteiger partial charge < -0.3 is 20.5 Å². The number of esters is 2. The van der Waals surface area contributed by atoms with Gasteiger partial charge in [0.15, 0.2) is 0 Å². The van der Waals surface area contributed by atoms with Gasteiger partial charge in [-0.25, -0.2) is 0 Å². The van der Waals surface area contributed by atoms with Crippen LogP contribution in [0.5, 0.6) is 0 Å². The van der Waals surface area contributed by atoms with Crippen molar-refractivity contribution in [3.05, 3.63) is 71.8 Å². The summed E-state index contributed by atoms with van der Waals surface area (Å²) in [6.07, 6.45) is 0.0553. The Balaban J connectivity index is 1.92. The summed E-state index contributed by atoms with van der Waals surface area (Å²) in [7, 11) is 0. The van der Waals surface area contributed by atoms with Gasteiger partial charge in [-0.1, -0.05) is 60.7 Å². The van der Waals surface area contributed by atoms with Crippen molar-refractivity contribution in [1.82, 2.24) is 5.32 Å². The molecule has 0 aliphatic carbocycles. The van der Waals surface area contributed by atoms with Crippen LogP contribution in [-0.2, 0) is 30.3 Å². The van der Waals surface area contributed by atoms with E-state index in [-0.39, 0.29) is 18.6 Å². The van der Waals surface area contributed by atoms with E-state index in [1.807, 2.05) is 60.7 Å². The smallest absolute Gasteiger partial charge is 0.303 e. The minimum Gasteiger partial charge on any atom is -0.462 e. The lowest BCUT2D eigenvalue weighted by atomic mass is 9.98. The molecule has 3 N–H and O–H groups in total. The molecule has 2 aromatic carbocycles. The predicted molar refractivity (Wildman–Crippen MR) is 125 cm³/mol. The third-order valence-electron chi connectivity index (χ3n) is 4.54. The molecule has 3 atom stereocenters. The molecule has 1 amide bonds. The van der Waals surface area contributed by atoms with E-state index in [4.69, 9.17) is 15.2 Å². The van der Waals surface area contributed by atoms with Crippen molar-refractivity contribution in [2.24, 2.45) is 5.73 Å². The summed E-state index contributed by atoms with van der Waals surface area (Å²) in [5.74, 6) is -0.479. The summed E-state index contributed by atoms with van der Waals surface area (Å²) in [6, 6.07) is 18.8. The van der Waals surface area contributed by atoms with Gasteiger partial charge >= 0.3 is 11.9 Å². The van der Waals surface area contributed by atoms with E-state index in [2.05, 4.69) is 5.32 Å². The molecule has 0 aromatic heterocycles. The van der Waals surface area contributed by atoms with E-state index >= 15 is 0 Å². The van der Waals surface area contributed by atoms with Crippen LogP contribution in [-0.4, -0.2) is 48.1 Å². The Kier molecular flexibility index (Phi) is 10.8. The molecule has 0 saturated carbocycles. The van der Waals surface area contributed by atoms with E-state index in [1.54, 1.807) is 0 Å². The normalized spacial score (nSPS) is 13.5. The highest BCUT2D eigenvalue weighted by molar-refractivity contribution is 7.99. The van der Waals surface area contributed by atoms with Gasteiger partial charge in [-0.2, -0.15) is 11.8 Å². The van der Waals surface area contributed by atoms with Crippen LogP contribution in [0.25, 0.3) is 0 Å². The van der Waals surface area contributed by atoms with Crippen LogP contribution < -0.4 is 11.1 Å². The molecule has 0 radical (unpaired) electrons. The second kappa shape index (κ2) is 13.5. The zero-order valence-corrected chi connectivity index (χ0v) is 19.2. The number of hydrogen-bond acceptors (Lipinski definition) is 7. The number of nitrogens with one attached hydrogen (secondary N) is 1. The number of nitrogens with two attached hydrogens (primary N) is 1. The van der Waals surface area contributed by atoms with Crippen LogP contribution >= 0.6 is 11.8 Å². The average molecular weight is 459 g/mol. The van der Waals surface area contributed by atoms with Crippen molar-refractivity contribution < 1.29 is 23.9 Å². The molecular weight excluding hydrogens is 428 g/mol. The third-order valence-corrected chi connectivity index (χ3v) is 5.75. The quantitative estimate of drug-likeness (QED) is 0.471. The molecule has 32 heavy (non-hydrogen) atoms. The maximum atomic E-state index is 12.8. The number of benzene rings is 2. The summed E-state index contributed by atoms with van der Waals surface area (Å²) in [6.45, 7) is 2.55. The standard InChI is InChI=1S/C24H30N2O5S/c1-17(27)30-14-21(31-18(2)28)15-32-16-22(25)24(29)26-23(20-11-7-4-8-12-20)13-19-9-5-3-6-10-19/h3-12,21-23H,13-16,25H2,1-2H3,(H,26,29)/t21-,22+,23?/m1/s1. The van der Waals surface area contributed by atoms with Crippen molar-refractivity contribution >= 4 is 29.6 Å². The molecule has 172 valence electrons. The SMILES string of the molecule is CC(=O)OC[C@H](CSC[C@H](N)C(=O)NC(Cc1ccccc1)c1ccccc1)OC(C)=O. The Morgan fingerprint density at radius 3 is 2.16 bits per heavy atom. The van der Waals surface area contributed by atoms with Gasteiger partial charge in [-0.3, -0.25) is 14.4 Å². The summed E-state index contributed by atoms with van der Waals surface area (Å²) in [5, 5.41) is 3.06. The van der Waals surface area contributed by atoms with Gasteiger partial charge in [0.05, 0.1) is 12.1 Å². The van der Waals surface area contributed by atoms with Crippen molar-refractivity contribution in [2.75, 3.05) is 18.1 Å². The Morgan fingerprint density at radius 2 is 1.56 bits per heavy atom. The number of carbonyl (C=O) groups is 3. The fourth-order valence-electron chi connectivity index (χ4n) is 3.03. The highest BCUT2D eigenvalue weighted by Gasteiger charge is 2.21. The molecule has 0 aliphatic rings. The third kappa shape index (κ3) is 9.53. The minimum absolute atomic E-state index is 0.0312. The lowest BCUT2D eigenvalue weighted by Crippen LogP contribution is -2.44. The van der Waals surface area contributed by atoms with Crippen molar-refractivity contribution in [2.45, 2.75) is 38.5 Å². The van der Waals surface area contributed by atoms with E-state index in [9.17, 15) is 14.4 Å². The van der Waals surface area contributed by atoms with Crippen molar-refractivity contribution in [3.8, 4) is 0 Å². The monoisotopic (exact) mass is 458 g/mol. The Labute approximate surface area is 193 Å². The van der Waals surface area contributed by atoms with Crippen LogP contribution in [0.2, 0.25) is 0 Å². The topological polar surface area (TPSA) is 108 Å². The number of hydrogen-bond donors (Lipinski definition) is 2. The molecule has 0 spiro atoms. The van der Waals surface area contributed by atoms with Gasteiger partial charge in [0.2, 0.25) is 5.91 Å². The maximum absolute atomic E-state index is 12.8. The first-order chi connectivity index (χ1) is 15.3. The lowest BCUT2D eigenvalue weighted by Gasteiger charge is -2.22. The largest absolute Gasteiger partial charge is 0.462 e. The maximum Gasteiger partial charge on any atom is 0.303 e. The molecular formula is C24H30N2O5S. The fraction of sp³-hybridized carbons (Fsp3) is 0.375. The zero-order valence-electron chi connectivity index (χ0n) is 18.4. The van der Waals surface area contributed by atoms with Gasteiger partial charge in [-0.05, 0) is 17.5 Å². The minimum atomic E-state index is -0.742. The number of thioether (sulfide) groups is 1. The molecule has 0 fully saturated rings. The number of rotatable bonds is 12. The second-order valence-electron chi connectivity index (χ2n) is 7.34. The van der Waals surface area contributed by atoms with E-state index in [1.165, 1.54) is 25.6 Å². The number of amides is 1. The van der Waals surface area contributed by atoms with Gasteiger partial charge in [0.25, 0.3) is 0 Å². The Morgan fingerprint density at radius 1 is 0.938 bits per heavy atom.